The first-order valence-electron chi connectivity index (χ1n) is 9.88. The van der Waals surface area contributed by atoms with E-state index in [0.717, 1.165) is 36.3 Å². The Morgan fingerprint density at radius 3 is 2.90 bits per heavy atom. The lowest BCUT2D eigenvalue weighted by Gasteiger charge is -2.27. The van der Waals surface area contributed by atoms with Crippen molar-refractivity contribution >= 4 is 51.8 Å². The van der Waals surface area contributed by atoms with Gasteiger partial charge in [0, 0.05) is 49.9 Å². The number of hydrogen-bond acceptors (Lipinski definition) is 6. The summed E-state index contributed by atoms with van der Waals surface area (Å²) < 4.78 is 6.65. The number of pyridine rings is 1. The Bertz CT molecular complexity index is 1120. The van der Waals surface area contributed by atoms with Gasteiger partial charge in [0.2, 0.25) is 0 Å². The van der Waals surface area contributed by atoms with E-state index >= 15 is 0 Å². The number of imidazole rings is 1. The standard InChI is InChI=1S/C21H21Cl2N5O3/c1-13(29)31-11-19(30)25-10-14-3-2-7-28(14)18-9-17(27-8-6-24-12-27)15-4-5-16(22)20(23)21(15)26-18/h4-6,8-9,12,14H,2-3,7,10-11H2,1H3,(H,25,30)/t14-/m0/s1. The van der Waals surface area contributed by atoms with Crippen LogP contribution in [0.4, 0.5) is 5.82 Å². The Labute approximate surface area is 189 Å². The average molecular weight is 462 g/mol. The van der Waals surface area contributed by atoms with Crippen molar-refractivity contribution in [2.24, 2.45) is 0 Å². The zero-order valence-corrected chi connectivity index (χ0v) is 18.4. The Morgan fingerprint density at radius 2 is 2.16 bits per heavy atom. The number of benzene rings is 1. The minimum Gasteiger partial charge on any atom is -0.456 e. The fourth-order valence-corrected chi connectivity index (χ4v) is 4.12. The lowest BCUT2D eigenvalue weighted by Crippen LogP contribution is -2.41. The molecule has 1 fully saturated rings. The molecule has 10 heteroatoms. The minimum absolute atomic E-state index is 0.0554. The Kier molecular flexibility index (Phi) is 6.29. The molecule has 31 heavy (non-hydrogen) atoms. The predicted molar refractivity (Wildman–Crippen MR) is 119 cm³/mol. The van der Waals surface area contributed by atoms with Crippen molar-refractivity contribution in [1.29, 1.82) is 0 Å². The number of hydrogen-bond donors (Lipinski definition) is 1. The van der Waals surface area contributed by atoms with Gasteiger partial charge in [-0.05, 0) is 25.0 Å². The van der Waals surface area contributed by atoms with E-state index in [9.17, 15) is 9.59 Å². The van der Waals surface area contributed by atoms with Gasteiger partial charge in [-0.3, -0.25) is 9.59 Å². The van der Waals surface area contributed by atoms with Gasteiger partial charge in [0.15, 0.2) is 6.61 Å². The first-order valence-corrected chi connectivity index (χ1v) is 10.6. The van der Waals surface area contributed by atoms with Gasteiger partial charge in [0.25, 0.3) is 5.91 Å². The van der Waals surface area contributed by atoms with E-state index in [1.807, 2.05) is 22.9 Å². The summed E-state index contributed by atoms with van der Waals surface area (Å²) in [6.07, 6.45) is 7.15. The van der Waals surface area contributed by atoms with Crippen LogP contribution in [0.15, 0.2) is 36.9 Å². The molecule has 0 spiro atoms. The normalized spacial score (nSPS) is 16.0. The number of rotatable bonds is 6. The summed E-state index contributed by atoms with van der Waals surface area (Å²) >= 11 is 12.8. The summed E-state index contributed by atoms with van der Waals surface area (Å²) in [5.41, 5.74) is 1.50. The Hall–Kier alpha value is -2.84. The van der Waals surface area contributed by atoms with Gasteiger partial charge in [-0.25, -0.2) is 9.97 Å². The molecule has 1 saturated heterocycles. The highest BCUT2D eigenvalue weighted by atomic mass is 35.5. The predicted octanol–water partition coefficient (Wildman–Crippen LogP) is 3.38. The number of fused-ring (bicyclic) bond motifs is 1. The molecule has 1 aliphatic heterocycles. The van der Waals surface area contributed by atoms with E-state index in [1.165, 1.54) is 6.92 Å². The quantitative estimate of drug-likeness (QED) is 0.565. The van der Waals surface area contributed by atoms with E-state index in [2.05, 4.69) is 15.2 Å². The maximum Gasteiger partial charge on any atom is 0.303 e. The largest absolute Gasteiger partial charge is 0.456 e. The molecule has 0 saturated carbocycles. The number of halogens is 2. The smallest absolute Gasteiger partial charge is 0.303 e. The molecule has 3 aromatic rings. The second kappa shape index (κ2) is 9.11. The number of anilines is 1. The lowest BCUT2D eigenvalue weighted by atomic mass is 10.1. The number of amides is 1. The van der Waals surface area contributed by atoms with Crippen LogP contribution in [0.1, 0.15) is 19.8 Å². The van der Waals surface area contributed by atoms with Crippen molar-refractivity contribution in [3.8, 4) is 5.69 Å². The van der Waals surface area contributed by atoms with Gasteiger partial charge in [0.05, 0.1) is 27.6 Å². The highest BCUT2D eigenvalue weighted by molar-refractivity contribution is 6.45. The van der Waals surface area contributed by atoms with Crippen LogP contribution in [0.25, 0.3) is 16.6 Å². The SMILES string of the molecule is CC(=O)OCC(=O)NC[C@@H]1CCCN1c1cc(-n2ccnc2)c2ccc(Cl)c(Cl)c2n1. The number of ether oxygens (including phenoxy) is 1. The number of carbonyl (C=O) groups excluding carboxylic acids is 2. The van der Waals surface area contributed by atoms with E-state index < -0.39 is 5.97 Å². The van der Waals surface area contributed by atoms with Crippen LogP contribution in [0.2, 0.25) is 10.0 Å². The van der Waals surface area contributed by atoms with Gasteiger partial charge < -0.3 is 19.5 Å². The molecule has 0 radical (unpaired) electrons. The number of nitrogens with zero attached hydrogens (tertiary/aromatic N) is 4. The Balaban J connectivity index is 1.64. The van der Waals surface area contributed by atoms with Gasteiger partial charge >= 0.3 is 5.97 Å². The molecule has 1 N–H and O–H groups in total. The zero-order chi connectivity index (χ0) is 22.0. The van der Waals surface area contributed by atoms with Gasteiger partial charge in [-0.1, -0.05) is 23.2 Å². The van der Waals surface area contributed by atoms with Gasteiger partial charge in [0.1, 0.15) is 5.82 Å². The number of aromatic nitrogens is 3. The third-order valence-corrected chi connectivity index (χ3v) is 6.03. The molecule has 0 unspecified atom stereocenters. The highest BCUT2D eigenvalue weighted by Gasteiger charge is 2.27. The second-order valence-electron chi connectivity index (χ2n) is 7.30. The van der Waals surface area contributed by atoms with Gasteiger partial charge in [-0.15, -0.1) is 0 Å². The first kappa shape index (κ1) is 21.4. The summed E-state index contributed by atoms with van der Waals surface area (Å²) in [5, 5.41) is 4.53. The summed E-state index contributed by atoms with van der Waals surface area (Å²) in [7, 11) is 0. The summed E-state index contributed by atoms with van der Waals surface area (Å²) in [6.45, 7) is 2.20. The molecular weight excluding hydrogens is 441 g/mol. The molecule has 162 valence electrons. The zero-order valence-electron chi connectivity index (χ0n) is 16.8. The molecule has 0 bridgehead atoms. The fourth-order valence-electron chi connectivity index (χ4n) is 3.76. The third-order valence-electron chi connectivity index (χ3n) is 5.23. The van der Waals surface area contributed by atoms with E-state index in [-0.39, 0.29) is 18.6 Å². The molecule has 1 atom stereocenters. The molecule has 0 aliphatic carbocycles. The highest BCUT2D eigenvalue weighted by Crippen LogP contribution is 2.36. The van der Waals surface area contributed by atoms with Crippen molar-refractivity contribution in [3.05, 3.63) is 47.0 Å². The number of carbonyl (C=O) groups is 2. The molecule has 2 aromatic heterocycles. The number of nitrogens with one attached hydrogen (secondary N) is 1. The summed E-state index contributed by atoms with van der Waals surface area (Å²) in [5.74, 6) is -0.0693. The van der Waals surface area contributed by atoms with Gasteiger partial charge in [-0.2, -0.15) is 0 Å². The van der Waals surface area contributed by atoms with E-state index in [0.29, 0.717) is 22.1 Å². The molecule has 4 rings (SSSR count). The summed E-state index contributed by atoms with van der Waals surface area (Å²) in [4.78, 5) is 34.0. The van der Waals surface area contributed by atoms with Crippen molar-refractivity contribution in [1.82, 2.24) is 19.9 Å². The minimum atomic E-state index is -0.486. The van der Waals surface area contributed by atoms with Crippen LogP contribution in [0.5, 0.6) is 0 Å². The molecule has 1 aromatic carbocycles. The third kappa shape index (κ3) is 4.60. The van der Waals surface area contributed by atoms with Crippen molar-refractivity contribution in [2.75, 3.05) is 24.6 Å². The maximum absolute atomic E-state index is 11.9. The van der Waals surface area contributed by atoms with Crippen LogP contribution < -0.4 is 10.2 Å². The van der Waals surface area contributed by atoms with E-state index in [4.69, 9.17) is 32.9 Å². The number of esters is 1. The molecule has 1 aliphatic rings. The lowest BCUT2D eigenvalue weighted by molar-refractivity contribution is -0.146. The maximum atomic E-state index is 11.9. The fraction of sp³-hybridized carbons (Fsp3) is 0.333. The van der Waals surface area contributed by atoms with Crippen molar-refractivity contribution in [3.63, 3.8) is 0 Å². The Morgan fingerprint density at radius 1 is 1.32 bits per heavy atom. The topological polar surface area (TPSA) is 89.4 Å². The second-order valence-corrected chi connectivity index (χ2v) is 8.09. The van der Waals surface area contributed by atoms with E-state index in [1.54, 1.807) is 18.6 Å². The first-order chi connectivity index (χ1) is 14.9. The van der Waals surface area contributed by atoms with Crippen LogP contribution in [0.3, 0.4) is 0 Å². The van der Waals surface area contributed by atoms with Crippen LogP contribution in [-0.2, 0) is 14.3 Å². The van der Waals surface area contributed by atoms with Crippen LogP contribution >= 0.6 is 23.2 Å². The monoisotopic (exact) mass is 461 g/mol. The molecule has 1 amide bonds. The van der Waals surface area contributed by atoms with Crippen molar-refractivity contribution in [2.45, 2.75) is 25.8 Å². The summed E-state index contributed by atoms with van der Waals surface area (Å²) in [6, 6.07) is 5.70. The van der Waals surface area contributed by atoms with Crippen LogP contribution in [0, 0.1) is 0 Å². The molecular formula is C21H21Cl2N5O3. The van der Waals surface area contributed by atoms with Crippen LogP contribution in [-0.4, -0.2) is 52.1 Å². The molecule has 8 nitrogen and oxygen atoms in total. The average Bonchev–Trinajstić information content (AvgIpc) is 3.45. The molecule has 3 heterocycles. The van der Waals surface area contributed by atoms with Crippen molar-refractivity contribution < 1.29 is 14.3 Å².